The molecular formula is C17H12BrFN2O2. The summed E-state index contributed by atoms with van der Waals surface area (Å²) >= 11 is 3.36. The summed E-state index contributed by atoms with van der Waals surface area (Å²) in [6.45, 7) is 1.64. The molecule has 1 heterocycles. The molecule has 0 saturated heterocycles. The van der Waals surface area contributed by atoms with E-state index in [1.807, 2.05) is 24.3 Å². The van der Waals surface area contributed by atoms with E-state index in [1.54, 1.807) is 19.1 Å². The van der Waals surface area contributed by atoms with E-state index in [0.717, 1.165) is 10.0 Å². The van der Waals surface area contributed by atoms with Gasteiger partial charge in [0.25, 0.3) is 5.91 Å². The van der Waals surface area contributed by atoms with Crippen molar-refractivity contribution in [2.24, 2.45) is 0 Å². The Kier molecular flexibility index (Phi) is 4.25. The van der Waals surface area contributed by atoms with Crippen molar-refractivity contribution in [3.8, 4) is 11.3 Å². The van der Waals surface area contributed by atoms with Crippen LogP contribution in [0.25, 0.3) is 11.3 Å². The highest BCUT2D eigenvalue weighted by molar-refractivity contribution is 9.10. The van der Waals surface area contributed by atoms with E-state index in [1.165, 1.54) is 12.1 Å². The monoisotopic (exact) mass is 374 g/mol. The Bertz CT molecular complexity index is 859. The van der Waals surface area contributed by atoms with Crippen LogP contribution in [0.1, 0.15) is 16.1 Å². The first-order valence-electron chi connectivity index (χ1n) is 6.84. The van der Waals surface area contributed by atoms with Gasteiger partial charge in [0.2, 0.25) is 0 Å². The number of benzene rings is 2. The summed E-state index contributed by atoms with van der Waals surface area (Å²) in [5.41, 5.74) is 1.56. The maximum absolute atomic E-state index is 13.7. The molecule has 0 unspecified atom stereocenters. The number of hydrogen-bond donors (Lipinski definition) is 1. The van der Waals surface area contributed by atoms with E-state index < -0.39 is 11.7 Å². The lowest BCUT2D eigenvalue weighted by molar-refractivity contribution is 0.102. The molecule has 4 nitrogen and oxygen atoms in total. The van der Waals surface area contributed by atoms with Crippen LogP contribution in [0.3, 0.4) is 0 Å². The summed E-state index contributed by atoms with van der Waals surface area (Å²) in [7, 11) is 0. The standard InChI is InChI=1S/C17H12BrFN2O2/c1-10-15(17(22)20-14-5-3-2-4-13(14)19)16(21-23-10)11-6-8-12(18)9-7-11/h2-9H,1H3,(H,20,22). The molecule has 0 aliphatic heterocycles. The molecule has 1 aromatic heterocycles. The van der Waals surface area contributed by atoms with E-state index in [0.29, 0.717) is 11.5 Å². The molecule has 0 fully saturated rings. The molecule has 2 aromatic carbocycles. The third-order valence-electron chi connectivity index (χ3n) is 3.33. The van der Waals surface area contributed by atoms with Crippen molar-refractivity contribution in [3.63, 3.8) is 0 Å². The van der Waals surface area contributed by atoms with E-state index in [2.05, 4.69) is 26.4 Å². The number of hydrogen-bond acceptors (Lipinski definition) is 3. The van der Waals surface area contributed by atoms with Gasteiger partial charge in [0.15, 0.2) is 0 Å². The Balaban J connectivity index is 1.97. The average molecular weight is 375 g/mol. The molecule has 0 bridgehead atoms. The minimum absolute atomic E-state index is 0.111. The highest BCUT2D eigenvalue weighted by Crippen LogP contribution is 2.27. The molecule has 0 saturated carbocycles. The first-order valence-corrected chi connectivity index (χ1v) is 7.63. The van der Waals surface area contributed by atoms with Crippen molar-refractivity contribution >= 4 is 27.5 Å². The number of amides is 1. The van der Waals surface area contributed by atoms with Gasteiger partial charge in [-0.3, -0.25) is 4.79 Å². The van der Waals surface area contributed by atoms with E-state index >= 15 is 0 Å². The van der Waals surface area contributed by atoms with Crippen LogP contribution in [-0.2, 0) is 0 Å². The smallest absolute Gasteiger partial charge is 0.261 e. The molecule has 0 aliphatic carbocycles. The molecule has 0 atom stereocenters. The average Bonchev–Trinajstić information content (AvgIpc) is 2.92. The third kappa shape index (κ3) is 3.17. The molecular weight excluding hydrogens is 363 g/mol. The Morgan fingerprint density at radius 3 is 2.57 bits per heavy atom. The quantitative estimate of drug-likeness (QED) is 0.715. The Morgan fingerprint density at radius 1 is 1.17 bits per heavy atom. The maximum atomic E-state index is 13.7. The van der Waals surface area contributed by atoms with Crippen LogP contribution in [0.15, 0.2) is 57.5 Å². The predicted octanol–water partition coefficient (Wildman–Crippen LogP) is 4.80. The lowest BCUT2D eigenvalue weighted by Gasteiger charge is -2.06. The lowest BCUT2D eigenvalue weighted by atomic mass is 10.1. The van der Waals surface area contributed by atoms with Crippen molar-refractivity contribution in [2.75, 3.05) is 5.32 Å². The summed E-state index contributed by atoms with van der Waals surface area (Å²) in [5.74, 6) is -0.594. The molecule has 0 spiro atoms. The zero-order chi connectivity index (χ0) is 16.4. The first-order chi connectivity index (χ1) is 11.1. The fourth-order valence-corrected chi connectivity index (χ4v) is 2.46. The Morgan fingerprint density at radius 2 is 1.87 bits per heavy atom. The molecule has 3 aromatic rings. The topological polar surface area (TPSA) is 55.1 Å². The number of carbonyl (C=O) groups excluding carboxylic acids is 1. The number of aromatic nitrogens is 1. The van der Waals surface area contributed by atoms with Gasteiger partial charge in [-0.05, 0) is 31.2 Å². The number of rotatable bonds is 3. The molecule has 116 valence electrons. The van der Waals surface area contributed by atoms with Gasteiger partial charge in [-0.1, -0.05) is 45.4 Å². The Hall–Kier alpha value is -2.47. The van der Waals surface area contributed by atoms with Crippen molar-refractivity contribution < 1.29 is 13.7 Å². The van der Waals surface area contributed by atoms with Crippen LogP contribution in [-0.4, -0.2) is 11.1 Å². The van der Waals surface area contributed by atoms with Crippen LogP contribution in [0, 0.1) is 12.7 Å². The molecule has 1 amide bonds. The van der Waals surface area contributed by atoms with Crippen molar-refractivity contribution in [1.82, 2.24) is 5.16 Å². The van der Waals surface area contributed by atoms with Gasteiger partial charge in [-0.15, -0.1) is 0 Å². The summed E-state index contributed by atoms with van der Waals surface area (Å²) in [4.78, 5) is 12.5. The summed E-state index contributed by atoms with van der Waals surface area (Å²) < 4.78 is 19.8. The van der Waals surface area contributed by atoms with Crippen LogP contribution in [0.2, 0.25) is 0 Å². The number of para-hydroxylation sites is 1. The minimum Gasteiger partial charge on any atom is -0.360 e. The lowest BCUT2D eigenvalue weighted by Crippen LogP contribution is -2.14. The van der Waals surface area contributed by atoms with E-state index in [-0.39, 0.29) is 11.3 Å². The minimum atomic E-state index is -0.500. The summed E-state index contributed by atoms with van der Waals surface area (Å²) in [6, 6.07) is 13.3. The number of nitrogens with zero attached hydrogens (tertiary/aromatic N) is 1. The highest BCUT2D eigenvalue weighted by atomic mass is 79.9. The van der Waals surface area contributed by atoms with Gasteiger partial charge in [-0.25, -0.2) is 4.39 Å². The number of halogens is 2. The summed E-state index contributed by atoms with van der Waals surface area (Å²) in [6.07, 6.45) is 0. The number of nitrogens with one attached hydrogen (secondary N) is 1. The first kappa shape index (κ1) is 15.4. The van der Waals surface area contributed by atoms with Gasteiger partial charge in [0.05, 0.1) is 5.69 Å². The molecule has 0 aliphatic rings. The zero-order valence-corrected chi connectivity index (χ0v) is 13.7. The second-order valence-corrected chi connectivity index (χ2v) is 5.82. The zero-order valence-electron chi connectivity index (χ0n) is 12.1. The van der Waals surface area contributed by atoms with Crippen LogP contribution in [0.5, 0.6) is 0 Å². The molecule has 23 heavy (non-hydrogen) atoms. The molecule has 1 N–H and O–H groups in total. The SMILES string of the molecule is Cc1onc(-c2ccc(Br)cc2)c1C(=O)Nc1ccccc1F. The van der Waals surface area contributed by atoms with Crippen LogP contribution >= 0.6 is 15.9 Å². The normalized spacial score (nSPS) is 10.6. The second kappa shape index (κ2) is 6.34. The van der Waals surface area contributed by atoms with Crippen molar-refractivity contribution in [1.29, 1.82) is 0 Å². The second-order valence-electron chi connectivity index (χ2n) is 4.90. The van der Waals surface area contributed by atoms with Crippen LogP contribution < -0.4 is 5.32 Å². The number of aryl methyl sites for hydroxylation is 1. The fourth-order valence-electron chi connectivity index (χ4n) is 2.19. The van der Waals surface area contributed by atoms with Gasteiger partial charge < -0.3 is 9.84 Å². The van der Waals surface area contributed by atoms with E-state index in [9.17, 15) is 9.18 Å². The highest BCUT2D eigenvalue weighted by Gasteiger charge is 2.22. The number of anilines is 1. The van der Waals surface area contributed by atoms with Crippen molar-refractivity contribution in [3.05, 3.63) is 70.1 Å². The van der Waals surface area contributed by atoms with Gasteiger partial charge >= 0.3 is 0 Å². The van der Waals surface area contributed by atoms with Crippen molar-refractivity contribution in [2.45, 2.75) is 6.92 Å². The van der Waals surface area contributed by atoms with Gasteiger partial charge in [0, 0.05) is 10.0 Å². The van der Waals surface area contributed by atoms with Gasteiger partial charge in [0.1, 0.15) is 22.8 Å². The fraction of sp³-hybridized carbons (Fsp3) is 0.0588. The maximum Gasteiger partial charge on any atom is 0.261 e. The van der Waals surface area contributed by atoms with E-state index in [4.69, 9.17) is 4.52 Å². The third-order valence-corrected chi connectivity index (χ3v) is 3.86. The predicted molar refractivity (Wildman–Crippen MR) is 88.7 cm³/mol. The molecule has 0 radical (unpaired) electrons. The summed E-state index contributed by atoms with van der Waals surface area (Å²) in [5, 5.41) is 6.51. The largest absolute Gasteiger partial charge is 0.360 e. The molecule has 3 rings (SSSR count). The number of carbonyl (C=O) groups is 1. The molecule has 6 heteroatoms. The van der Waals surface area contributed by atoms with Crippen LogP contribution in [0.4, 0.5) is 10.1 Å². The Labute approximate surface area is 140 Å². The van der Waals surface area contributed by atoms with Gasteiger partial charge in [-0.2, -0.15) is 0 Å².